The van der Waals surface area contributed by atoms with Gasteiger partial charge in [0.1, 0.15) is 5.75 Å². The van der Waals surface area contributed by atoms with Gasteiger partial charge in [0.05, 0.1) is 0 Å². The summed E-state index contributed by atoms with van der Waals surface area (Å²) < 4.78 is 5.89. The Bertz CT molecular complexity index is 528. The second-order valence-corrected chi connectivity index (χ2v) is 7.42. The van der Waals surface area contributed by atoms with E-state index in [9.17, 15) is 4.79 Å². The summed E-state index contributed by atoms with van der Waals surface area (Å²) in [7, 11) is 0. The number of rotatable bonds is 6. The van der Waals surface area contributed by atoms with Crippen molar-refractivity contribution in [3.63, 3.8) is 0 Å². The lowest BCUT2D eigenvalue weighted by Gasteiger charge is -2.27. The smallest absolute Gasteiger partial charge is 0.261 e. The molecule has 23 heavy (non-hydrogen) atoms. The van der Waals surface area contributed by atoms with Crippen LogP contribution in [0.25, 0.3) is 0 Å². The number of carbonyl (C=O) groups excluding carboxylic acids is 1. The summed E-state index contributed by atoms with van der Waals surface area (Å²) >= 11 is 0. The molecule has 2 rings (SSSR count). The molecule has 128 valence electrons. The van der Waals surface area contributed by atoms with Crippen LogP contribution in [-0.2, 0) is 17.6 Å². The van der Waals surface area contributed by atoms with E-state index in [2.05, 4.69) is 45.1 Å². The second-order valence-electron chi connectivity index (χ2n) is 7.42. The van der Waals surface area contributed by atoms with E-state index >= 15 is 0 Å². The number of fused-ring (bicyclic) bond motifs is 1. The van der Waals surface area contributed by atoms with E-state index in [1.165, 1.54) is 24.0 Å². The molecule has 1 amide bonds. The molecule has 3 heteroatoms. The standard InChI is InChI=1S/C20H31NO2/c1-13(2)19(14(3)4)21-20(22)15(5)23-18-11-10-16-8-6-7-9-17(16)12-18/h10-15,19H,6-9H2,1-5H3,(H,21,22)/t15-/m1/s1. The van der Waals surface area contributed by atoms with E-state index in [0.29, 0.717) is 11.8 Å². The maximum atomic E-state index is 12.4. The highest BCUT2D eigenvalue weighted by atomic mass is 16.5. The van der Waals surface area contributed by atoms with E-state index in [0.717, 1.165) is 18.6 Å². The molecule has 1 aliphatic rings. The van der Waals surface area contributed by atoms with Crippen molar-refractivity contribution in [2.24, 2.45) is 11.8 Å². The molecule has 0 fully saturated rings. The fourth-order valence-electron chi connectivity index (χ4n) is 3.43. The van der Waals surface area contributed by atoms with E-state index in [1.807, 2.05) is 13.0 Å². The molecule has 0 bridgehead atoms. The van der Waals surface area contributed by atoms with Gasteiger partial charge in [0.25, 0.3) is 5.91 Å². The molecule has 1 aromatic carbocycles. The van der Waals surface area contributed by atoms with Gasteiger partial charge < -0.3 is 10.1 Å². The lowest BCUT2D eigenvalue weighted by Crippen LogP contribution is -2.47. The summed E-state index contributed by atoms with van der Waals surface area (Å²) in [5.41, 5.74) is 2.81. The molecule has 0 spiro atoms. The number of nitrogens with one attached hydrogen (secondary N) is 1. The van der Waals surface area contributed by atoms with E-state index in [1.54, 1.807) is 0 Å². The molecule has 1 aromatic rings. The van der Waals surface area contributed by atoms with Crippen LogP contribution in [0, 0.1) is 11.8 Å². The molecular formula is C20H31NO2. The molecule has 0 aliphatic heterocycles. The van der Waals surface area contributed by atoms with Gasteiger partial charge >= 0.3 is 0 Å². The molecule has 0 saturated heterocycles. The predicted octanol–water partition coefficient (Wildman–Crippen LogP) is 4.13. The van der Waals surface area contributed by atoms with Crippen molar-refractivity contribution in [1.82, 2.24) is 5.32 Å². The average Bonchev–Trinajstić information content (AvgIpc) is 2.51. The van der Waals surface area contributed by atoms with Crippen molar-refractivity contribution in [2.75, 3.05) is 0 Å². The van der Waals surface area contributed by atoms with Crippen LogP contribution in [-0.4, -0.2) is 18.1 Å². The summed E-state index contributed by atoms with van der Waals surface area (Å²) in [6.45, 7) is 10.4. The number of amides is 1. The highest BCUT2D eigenvalue weighted by molar-refractivity contribution is 5.81. The summed E-state index contributed by atoms with van der Waals surface area (Å²) in [4.78, 5) is 12.4. The zero-order valence-electron chi connectivity index (χ0n) is 15.2. The Kier molecular flexibility index (Phi) is 6.09. The molecule has 0 saturated carbocycles. The Morgan fingerprint density at radius 1 is 1.00 bits per heavy atom. The normalized spacial score (nSPS) is 15.7. The van der Waals surface area contributed by atoms with Gasteiger partial charge in [-0.05, 0) is 67.7 Å². The number of carbonyl (C=O) groups is 1. The van der Waals surface area contributed by atoms with E-state index in [4.69, 9.17) is 4.74 Å². The van der Waals surface area contributed by atoms with Crippen LogP contribution >= 0.6 is 0 Å². The zero-order valence-corrected chi connectivity index (χ0v) is 15.2. The van der Waals surface area contributed by atoms with Gasteiger partial charge in [-0.2, -0.15) is 0 Å². The van der Waals surface area contributed by atoms with Crippen LogP contribution in [0.4, 0.5) is 0 Å². The first-order valence-electron chi connectivity index (χ1n) is 8.97. The second kappa shape index (κ2) is 7.85. The van der Waals surface area contributed by atoms with Gasteiger partial charge in [0.15, 0.2) is 6.10 Å². The maximum Gasteiger partial charge on any atom is 0.261 e. The van der Waals surface area contributed by atoms with Crippen molar-refractivity contribution < 1.29 is 9.53 Å². The van der Waals surface area contributed by atoms with Crippen molar-refractivity contribution in [1.29, 1.82) is 0 Å². The quantitative estimate of drug-likeness (QED) is 0.856. The number of hydrogen-bond donors (Lipinski definition) is 1. The molecule has 0 heterocycles. The summed E-state index contributed by atoms with van der Waals surface area (Å²) in [5.74, 6) is 1.60. The SMILES string of the molecule is CC(C)C(NC(=O)[C@@H](C)Oc1ccc2c(c1)CCCC2)C(C)C. The number of ether oxygens (including phenoxy) is 1. The maximum absolute atomic E-state index is 12.4. The van der Waals surface area contributed by atoms with Gasteiger partial charge in [-0.15, -0.1) is 0 Å². The molecular weight excluding hydrogens is 286 g/mol. The van der Waals surface area contributed by atoms with Crippen molar-refractivity contribution in [3.05, 3.63) is 29.3 Å². The van der Waals surface area contributed by atoms with Crippen molar-refractivity contribution in [2.45, 2.75) is 72.4 Å². The molecule has 0 aromatic heterocycles. The first-order chi connectivity index (χ1) is 10.9. The number of aryl methyl sites for hydroxylation is 2. The third-order valence-corrected chi connectivity index (χ3v) is 4.75. The van der Waals surface area contributed by atoms with Gasteiger partial charge in [-0.25, -0.2) is 0 Å². The topological polar surface area (TPSA) is 38.3 Å². The largest absolute Gasteiger partial charge is 0.481 e. The van der Waals surface area contributed by atoms with Crippen LogP contribution in [0.5, 0.6) is 5.75 Å². The Balaban J connectivity index is 1.98. The Hall–Kier alpha value is -1.51. The lowest BCUT2D eigenvalue weighted by molar-refractivity contribution is -0.128. The van der Waals surface area contributed by atoms with Crippen LogP contribution < -0.4 is 10.1 Å². The van der Waals surface area contributed by atoms with Gasteiger partial charge in [0, 0.05) is 6.04 Å². The molecule has 1 N–H and O–H groups in total. The molecule has 3 nitrogen and oxygen atoms in total. The van der Waals surface area contributed by atoms with Crippen molar-refractivity contribution in [3.8, 4) is 5.75 Å². The monoisotopic (exact) mass is 317 g/mol. The minimum Gasteiger partial charge on any atom is -0.481 e. The average molecular weight is 317 g/mol. The lowest BCUT2D eigenvalue weighted by atomic mass is 9.92. The first-order valence-corrected chi connectivity index (χ1v) is 8.97. The zero-order chi connectivity index (χ0) is 17.0. The van der Waals surface area contributed by atoms with Gasteiger partial charge in [-0.1, -0.05) is 33.8 Å². The highest BCUT2D eigenvalue weighted by Gasteiger charge is 2.23. The Morgan fingerprint density at radius 2 is 1.61 bits per heavy atom. The Morgan fingerprint density at radius 3 is 2.22 bits per heavy atom. The third-order valence-electron chi connectivity index (χ3n) is 4.75. The molecule has 1 atom stereocenters. The fraction of sp³-hybridized carbons (Fsp3) is 0.650. The molecule has 0 radical (unpaired) electrons. The summed E-state index contributed by atoms with van der Waals surface area (Å²) in [5, 5.41) is 3.13. The van der Waals surface area contributed by atoms with Crippen LogP contribution in [0.15, 0.2) is 18.2 Å². The predicted molar refractivity (Wildman–Crippen MR) is 94.8 cm³/mol. The van der Waals surface area contributed by atoms with Gasteiger partial charge in [-0.3, -0.25) is 4.79 Å². The van der Waals surface area contributed by atoms with Crippen LogP contribution in [0.2, 0.25) is 0 Å². The van der Waals surface area contributed by atoms with E-state index < -0.39 is 6.10 Å². The fourth-order valence-corrected chi connectivity index (χ4v) is 3.43. The third kappa shape index (κ3) is 4.73. The van der Waals surface area contributed by atoms with Crippen molar-refractivity contribution >= 4 is 5.91 Å². The minimum atomic E-state index is -0.475. The van der Waals surface area contributed by atoms with Crippen LogP contribution in [0.3, 0.4) is 0 Å². The first kappa shape index (κ1) is 17.8. The summed E-state index contributed by atoms with van der Waals surface area (Å²) in [6.07, 6.45) is 4.33. The number of benzene rings is 1. The van der Waals surface area contributed by atoms with Crippen LogP contribution in [0.1, 0.15) is 58.6 Å². The summed E-state index contributed by atoms with van der Waals surface area (Å²) in [6, 6.07) is 6.44. The highest BCUT2D eigenvalue weighted by Crippen LogP contribution is 2.26. The minimum absolute atomic E-state index is 0.0323. The Labute approximate surface area is 140 Å². The van der Waals surface area contributed by atoms with Gasteiger partial charge in [0.2, 0.25) is 0 Å². The van der Waals surface area contributed by atoms with E-state index in [-0.39, 0.29) is 11.9 Å². The molecule has 1 aliphatic carbocycles. The molecule has 0 unspecified atom stereocenters. The number of hydrogen-bond acceptors (Lipinski definition) is 2.